The van der Waals surface area contributed by atoms with Crippen molar-refractivity contribution in [1.29, 1.82) is 0 Å². The van der Waals surface area contributed by atoms with Crippen LogP contribution in [0.1, 0.15) is 43.6 Å². The van der Waals surface area contributed by atoms with Gasteiger partial charge >= 0.3 is 0 Å². The lowest BCUT2D eigenvalue weighted by molar-refractivity contribution is -0.0719. The number of ether oxygens (including phenoxy) is 2. The van der Waals surface area contributed by atoms with Gasteiger partial charge in [0.2, 0.25) is 10.0 Å². The normalized spacial score (nSPS) is 31.4. The van der Waals surface area contributed by atoms with E-state index in [1.54, 1.807) is 0 Å². The van der Waals surface area contributed by atoms with Gasteiger partial charge in [0.05, 0.1) is 31.6 Å². The molecule has 30 heavy (non-hydrogen) atoms. The topological polar surface area (TPSA) is 67.9 Å². The Morgan fingerprint density at radius 2 is 1.80 bits per heavy atom. The summed E-state index contributed by atoms with van der Waals surface area (Å²) in [5.41, 5.74) is 1.46. The van der Waals surface area contributed by atoms with Crippen LogP contribution in [0, 0.1) is 11.8 Å². The van der Waals surface area contributed by atoms with Crippen LogP contribution < -0.4 is 4.72 Å². The fourth-order valence-corrected chi connectivity index (χ4v) is 5.95. The lowest BCUT2D eigenvalue weighted by Crippen LogP contribution is -2.56. The zero-order valence-corrected chi connectivity index (χ0v) is 18.9. The average Bonchev–Trinajstić information content (AvgIpc) is 2.70. The molecular formula is C23H36N2O4S. The van der Waals surface area contributed by atoms with Gasteiger partial charge in [-0.15, -0.1) is 0 Å². The maximum Gasteiger partial charge on any atom is 0.209 e. The van der Waals surface area contributed by atoms with Crippen LogP contribution in [0.4, 0.5) is 0 Å². The van der Waals surface area contributed by atoms with Crippen molar-refractivity contribution in [2.75, 3.05) is 45.7 Å². The van der Waals surface area contributed by atoms with Gasteiger partial charge < -0.3 is 14.4 Å². The molecule has 2 aliphatic heterocycles. The van der Waals surface area contributed by atoms with E-state index in [-0.39, 0.29) is 12.1 Å². The second-order valence-corrected chi connectivity index (χ2v) is 11.2. The summed E-state index contributed by atoms with van der Waals surface area (Å²) >= 11 is 0. The van der Waals surface area contributed by atoms with E-state index in [0.717, 1.165) is 45.9 Å². The van der Waals surface area contributed by atoms with Crippen molar-refractivity contribution in [2.24, 2.45) is 11.8 Å². The number of likely N-dealkylation sites (tertiary alicyclic amines) is 1. The van der Waals surface area contributed by atoms with Crippen LogP contribution in [0.3, 0.4) is 0 Å². The van der Waals surface area contributed by atoms with E-state index in [1.165, 1.54) is 37.5 Å². The number of hydrogen-bond donors (Lipinski definition) is 1. The molecule has 0 amide bonds. The van der Waals surface area contributed by atoms with Crippen LogP contribution in [-0.2, 0) is 19.5 Å². The highest BCUT2D eigenvalue weighted by molar-refractivity contribution is 7.88. The quantitative estimate of drug-likeness (QED) is 0.679. The third kappa shape index (κ3) is 6.26. The molecule has 0 radical (unpaired) electrons. The molecule has 1 aliphatic carbocycles. The van der Waals surface area contributed by atoms with Crippen LogP contribution in [0.5, 0.6) is 0 Å². The maximum absolute atomic E-state index is 11.8. The van der Waals surface area contributed by atoms with Gasteiger partial charge in [0.15, 0.2) is 0 Å². The predicted octanol–water partition coefficient (Wildman–Crippen LogP) is 2.62. The van der Waals surface area contributed by atoms with Crippen molar-refractivity contribution < 1.29 is 17.9 Å². The first-order valence-corrected chi connectivity index (χ1v) is 13.3. The van der Waals surface area contributed by atoms with E-state index in [0.29, 0.717) is 17.8 Å². The third-order valence-corrected chi connectivity index (χ3v) is 7.63. The third-order valence-electron chi connectivity index (χ3n) is 6.90. The zero-order chi connectivity index (χ0) is 21.0. The van der Waals surface area contributed by atoms with E-state index >= 15 is 0 Å². The van der Waals surface area contributed by atoms with Crippen molar-refractivity contribution in [1.82, 2.24) is 9.62 Å². The molecule has 2 atom stereocenters. The molecule has 4 rings (SSSR count). The van der Waals surface area contributed by atoms with Crippen LogP contribution in [0.2, 0.25) is 0 Å². The van der Waals surface area contributed by atoms with Gasteiger partial charge in [-0.05, 0) is 56.0 Å². The van der Waals surface area contributed by atoms with Crippen LogP contribution in [-0.4, -0.2) is 71.2 Å². The molecule has 3 aliphatic rings. The maximum atomic E-state index is 11.8. The molecule has 2 heterocycles. The summed E-state index contributed by atoms with van der Waals surface area (Å²) in [6, 6.07) is 10.7. The molecule has 0 bridgehead atoms. The number of benzene rings is 1. The summed E-state index contributed by atoms with van der Waals surface area (Å²) in [5, 5.41) is 0. The molecule has 1 aromatic carbocycles. The van der Waals surface area contributed by atoms with Gasteiger partial charge in [0.1, 0.15) is 0 Å². The van der Waals surface area contributed by atoms with Crippen molar-refractivity contribution in [2.45, 2.75) is 50.2 Å². The molecule has 0 aromatic heterocycles. The summed E-state index contributed by atoms with van der Waals surface area (Å²) in [5.74, 6) is 1.84. The van der Waals surface area contributed by atoms with E-state index in [2.05, 4.69) is 40.0 Å². The summed E-state index contributed by atoms with van der Waals surface area (Å²) < 4.78 is 38.2. The fraction of sp³-hybridized carbons (Fsp3) is 0.739. The minimum absolute atomic E-state index is 0.0821. The zero-order valence-electron chi connectivity index (χ0n) is 18.0. The molecular weight excluding hydrogens is 400 g/mol. The number of piperidine rings is 1. The number of nitrogens with zero attached hydrogens (tertiary/aromatic N) is 1. The molecule has 2 saturated heterocycles. The Morgan fingerprint density at radius 3 is 2.43 bits per heavy atom. The van der Waals surface area contributed by atoms with Crippen molar-refractivity contribution >= 4 is 10.0 Å². The van der Waals surface area contributed by atoms with E-state index in [9.17, 15) is 8.42 Å². The Balaban J connectivity index is 1.28. The SMILES string of the molecule is CS(=O)(=O)N[C@H]1CCN(CC2COC2)C[C@H]1OCC1CCC(c2ccccc2)CC1. The predicted molar refractivity (Wildman–Crippen MR) is 118 cm³/mol. The Morgan fingerprint density at radius 1 is 1.07 bits per heavy atom. The highest BCUT2D eigenvalue weighted by Crippen LogP contribution is 2.36. The minimum atomic E-state index is -3.24. The summed E-state index contributed by atoms with van der Waals surface area (Å²) in [6.07, 6.45) is 6.74. The molecule has 6 nitrogen and oxygen atoms in total. The molecule has 1 aromatic rings. The van der Waals surface area contributed by atoms with Gasteiger partial charge in [-0.1, -0.05) is 30.3 Å². The lowest BCUT2D eigenvalue weighted by atomic mass is 9.79. The first kappa shape index (κ1) is 22.2. The van der Waals surface area contributed by atoms with E-state index in [1.807, 2.05) is 0 Å². The van der Waals surface area contributed by atoms with Gasteiger partial charge in [-0.25, -0.2) is 13.1 Å². The summed E-state index contributed by atoms with van der Waals surface area (Å²) in [4.78, 5) is 2.42. The van der Waals surface area contributed by atoms with Crippen LogP contribution >= 0.6 is 0 Å². The highest BCUT2D eigenvalue weighted by atomic mass is 32.2. The average molecular weight is 437 g/mol. The van der Waals surface area contributed by atoms with E-state index in [4.69, 9.17) is 9.47 Å². The van der Waals surface area contributed by atoms with Gasteiger partial charge in [-0.2, -0.15) is 0 Å². The lowest BCUT2D eigenvalue weighted by Gasteiger charge is -2.41. The van der Waals surface area contributed by atoms with Gasteiger partial charge in [-0.3, -0.25) is 0 Å². The Labute approximate surface area is 181 Å². The van der Waals surface area contributed by atoms with Crippen molar-refractivity contribution in [3.63, 3.8) is 0 Å². The molecule has 7 heteroatoms. The van der Waals surface area contributed by atoms with Gasteiger partial charge in [0.25, 0.3) is 0 Å². The molecule has 168 valence electrons. The van der Waals surface area contributed by atoms with Crippen molar-refractivity contribution in [3.8, 4) is 0 Å². The fourth-order valence-electron chi connectivity index (χ4n) is 5.13. The molecule has 0 spiro atoms. The first-order chi connectivity index (χ1) is 14.5. The largest absolute Gasteiger partial charge is 0.381 e. The highest BCUT2D eigenvalue weighted by Gasteiger charge is 2.34. The molecule has 0 unspecified atom stereocenters. The smallest absolute Gasteiger partial charge is 0.209 e. The Bertz CT molecular complexity index is 761. The second-order valence-electron chi connectivity index (χ2n) is 9.45. The molecule has 1 N–H and O–H groups in total. The number of nitrogens with one attached hydrogen (secondary N) is 1. The standard InChI is InChI=1S/C23H36N2O4S/c1-30(26,27)24-22-11-12-25(13-19-15-28-16-19)14-23(22)29-17-18-7-9-21(10-8-18)20-5-3-2-4-6-20/h2-6,18-19,21-24H,7-17H2,1H3/t18?,21?,22-,23+/m0/s1. The van der Waals surface area contributed by atoms with Crippen LogP contribution in [0.15, 0.2) is 30.3 Å². The monoisotopic (exact) mass is 436 g/mol. The van der Waals surface area contributed by atoms with Crippen LogP contribution in [0.25, 0.3) is 0 Å². The summed E-state index contributed by atoms with van der Waals surface area (Å²) in [7, 11) is -3.24. The summed E-state index contributed by atoms with van der Waals surface area (Å²) in [6.45, 7) is 5.15. The number of hydrogen-bond acceptors (Lipinski definition) is 5. The molecule has 1 saturated carbocycles. The van der Waals surface area contributed by atoms with Gasteiger partial charge in [0, 0.05) is 25.6 Å². The number of sulfonamides is 1. The number of rotatable bonds is 8. The van der Waals surface area contributed by atoms with E-state index < -0.39 is 10.0 Å². The molecule has 3 fully saturated rings. The minimum Gasteiger partial charge on any atom is -0.381 e. The second kappa shape index (κ2) is 10.1. The Hall–Kier alpha value is -0.990. The van der Waals surface area contributed by atoms with Crippen molar-refractivity contribution in [3.05, 3.63) is 35.9 Å². The first-order valence-electron chi connectivity index (χ1n) is 11.4. The Kier molecular flexibility index (Phi) is 7.47.